The van der Waals surface area contributed by atoms with Crippen LogP contribution < -0.4 is 0 Å². The smallest absolute Gasteiger partial charge is 0.0433 e. The standard InChI is InChI=1S/C18H38N2O/c1-5-19-11-13-20(14-12-19)10-7-6-8-17(9-15-21)16-18(2,3)4/h17,21H,5-16H2,1-4H3/t17-/m1/s1. The monoisotopic (exact) mass is 298 g/mol. The Morgan fingerprint density at radius 3 is 2.10 bits per heavy atom. The molecule has 0 radical (unpaired) electrons. The first-order chi connectivity index (χ1) is 9.94. The number of likely N-dealkylation sites (N-methyl/N-ethyl adjacent to an activating group) is 1. The Labute approximate surface area is 132 Å². The minimum atomic E-state index is 0.347. The van der Waals surface area contributed by atoms with Crippen molar-refractivity contribution in [3.05, 3.63) is 0 Å². The molecule has 0 unspecified atom stereocenters. The molecule has 1 atom stereocenters. The van der Waals surface area contributed by atoms with E-state index >= 15 is 0 Å². The summed E-state index contributed by atoms with van der Waals surface area (Å²) in [5, 5.41) is 9.23. The molecule has 3 heteroatoms. The summed E-state index contributed by atoms with van der Waals surface area (Å²) in [6.07, 6.45) is 6.13. The lowest BCUT2D eigenvalue weighted by atomic mass is 9.81. The third-order valence-corrected chi connectivity index (χ3v) is 4.69. The van der Waals surface area contributed by atoms with Gasteiger partial charge in [0.2, 0.25) is 0 Å². The lowest BCUT2D eigenvalue weighted by Crippen LogP contribution is -2.46. The van der Waals surface area contributed by atoms with Crippen LogP contribution in [0.2, 0.25) is 0 Å². The van der Waals surface area contributed by atoms with Crippen LogP contribution in [0.1, 0.15) is 59.8 Å². The van der Waals surface area contributed by atoms with Crippen LogP contribution in [0.25, 0.3) is 0 Å². The van der Waals surface area contributed by atoms with E-state index in [1.807, 2.05) is 0 Å². The fourth-order valence-electron chi connectivity index (χ4n) is 3.49. The van der Waals surface area contributed by atoms with E-state index in [2.05, 4.69) is 37.5 Å². The summed E-state index contributed by atoms with van der Waals surface area (Å²) >= 11 is 0. The molecule has 1 saturated heterocycles. The molecule has 21 heavy (non-hydrogen) atoms. The lowest BCUT2D eigenvalue weighted by Gasteiger charge is -2.34. The van der Waals surface area contributed by atoms with Gasteiger partial charge in [0, 0.05) is 32.8 Å². The predicted octanol–water partition coefficient (Wildman–Crippen LogP) is 3.23. The van der Waals surface area contributed by atoms with Crippen LogP contribution in [-0.2, 0) is 0 Å². The third-order valence-electron chi connectivity index (χ3n) is 4.69. The second-order valence-electron chi connectivity index (χ2n) is 7.91. The summed E-state index contributed by atoms with van der Waals surface area (Å²) in [6, 6.07) is 0. The van der Waals surface area contributed by atoms with Crippen molar-refractivity contribution in [2.24, 2.45) is 11.3 Å². The maximum atomic E-state index is 9.23. The number of aliphatic hydroxyl groups is 1. The zero-order valence-electron chi connectivity index (χ0n) is 14.9. The molecule has 1 fully saturated rings. The van der Waals surface area contributed by atoms with Gasteiger partial charge in [0.05, 0.1) is 0 Å². The van der Waals surface area contributed by atoms with Gasteiger partial charge in [-0.25, -0.2) is 0 Å². The summed E-state index contributed by atoms with van der Waals surface area (Å²) < 4.78 is 0. The van der Waals surface area contributed by atoms with E-state index in [9.17, 15) is 5.11 Å². The van der Waals surface area contributed by atoms with Gasteiger partial charge in [0.25, 0.3) is 0 Å². The molecule has 0 bridgehead atoms. The SMILES string of the molecule is CCN1CCN(CCCC[C@H](CCO)CC(C)(C)C)CC1. The first-order valence-corrected chi connectivity index (χ1v) is 9.00. The Hall–Kier alpha value is -0.120. The summed E-state index contributed by atoms with van der Waals surface area (Å²) in [5.74, 6) is 0.701. The van der Waals surface area contributed by atoms with Gasteiger partial charge in [0.1, 0.15) is 0 Å². The van der Waals surface area contributed by atoms with E-state index in [1.165, 1.54) is 65.0 Å². The Bertz CT molecular complexity index is 254. The fourth-order valence-corrected chi connectivity index (χ4v) is 3.49. The minimum absolute atomic E-state index is 0.347. The van der Waals surface area contributed by atoms with Crippen LogP contribution in [0.3, 0.4) is 0 Å². The topological polar surface area (TPSA) is 26.7 Å². The van der Waals surface area contributed by atoms with E-state index in [1.54, 1.807) is 0 Å². The van der Waals surface area contributed by atoms with Crippen molar-refractivity contribution in [2.45, 2.75) is 59.8 Å². The molecule has 1 rings (SSSR count). The highest BCUT2D eigenvalue weighted by Crippen LogP contribution is 2.29. The maximum Gasteiger partial charge on any atom is 0.0433 e. The first kappa shape index (κ1) is 18.9. The van der Waals surface area contributed by atoms with Gasteiger partial charge >= 0.3 is 0 Å². The average molecular weight is 299 g/mol. The molecule has 0 amide bonds. The van der Waals surface area contributed by atoms with Crippen molar-refractivity contribution in [2.75, 3.05) is 45.9 Å². The molecule has 1 aliphatic heterocycles. The number of unbranched alkanes of at least 4 members (excludes halogenated alkanes) is 1. The molecule has 3 nitrogen and oxygen atoms in total. The molecule has 0 saturated carbocycles. The molecule has 0 aliphatic carbocycles. The zero-order chi connectivity index (χ0) is 15.7. The second kappa shape index (κ2) is 9.81. The fraction of sp³-hybridized carbons (Fsp3) is 1.00. The minimum Gasteiger partial charge on any atom is -0.396 e. The molecule has 0 aromatic heterocycles. The normalized spacial score (nSPS) is 19.9. The average Bonchev–Trinajstić information content (AvgIpc) is 2.43. The van der Waals surface area contributed by atoms with Gasteiger partial charge < -0.3 is 14.9 Å². The highest BCUT2D eigenvalue weighted by Gasteiger charge is 2.19. The molecular formula is C18H38N2O. The molecule has 0 aromatic carbocycles. The van der Waals surface area contributed by atoms with Crippen LogP contribution in [0.15, 0.2) is 0 Å². The van der Waals surface area contributed by atoms with E-state index in [0.717, 1.165) is 6.42 Å². The Morgan fingerprint density at radius 1 is 0.952 bits per heavy atom. The summed E-state index contributed by atoms with van der Waals surface area (Å²) in [6.45, 7) is 17.0. The number of hydrogen-bond donors (Lipinski definition) is 1. The number of piperazine rings is 1. The van der Waals surface area contributed by atoms with E-state index in [-0.39, 0.29) is 0 Å². The predicted molar refractivity (Wildman–Crippen MR) is 91.7 cm³/mol. The molecule has 126 valence electrons. The molecule has 1 heterocycles. The van der Waals surface area contributed by atoms with E-state index < -0.39 is 0 Å². The van der Waals surface area contributed by atoms with Crippen molar-refractivity contribution in [1.29, 1.82) is 0 Å². The lowest BCUT2D eigenvalue weighted by molar-refractivity contribution is 0.134. The van der Waals surface area contributed by atoms with Crippen LogP contribution in [-0.4, -0.2) is 60.8 Å². The van der Waals surface area contributed by atoms with Gasteiger partial charge in [-0.2, -0.15) is 0 Å². The van der Waals surface area contributed by atoms with Gasteiger partial charge in [-0.05, 0) is 43.7 Å². The van der Waals surface area contributed by atoms with Crippen molar-refractivity contribution >= 4 is 0 Å². The quantitative estimate of drug-likeness (QED) is 0.662. The molecule has 1 N–H and O–H groups in total. The van der Waals surface area contributed by atoms with Crippen LogP contribution in [0.4, 0.5) is 0 Å². The highest BCUT2D eigenvalue weighted by atomic mass is 16.3. The van der Waals surface area contributed by atoms with Crippen molar-refractivity contribution in [3.8, 4) is 0 Å². The largest absolute Gasteiger partial charge is 0.396 e. The van der Waals surface area contributed by atoms with Gasteiger partial charge in [0.15, 0.2) is 0 Å². The van der Waals surface area contributed by atoms with Crippen molar-refractivity contribution in [3.63, 3.8) is 0 Å². The third kappa shape index (κ3) is 8.80. The number of aliphatic hydroxyl groups excluding tert-OH is 1. The number of rotatable bonds is 9. The molecular weight excluding hydrogens is 260 g/mol. The summed E-state index contributed by atoms with van der Waals surface area (Å²) in [4.78, 5) is 5.16. The number of hydrogen-bond acceptors (Lipinski definition) is 3. The van der Waals surface area contributed by atoms with E-state index in [0.29, 0.717) is 17.9 Å². The molecule has 0 spiro atoms. The maximum absolute atomic E-state index is 9.23. The highest BCUT2D eigenvalue weighted by molar-refractivity contribution is 4.72. The van der Waals surface area contributed by atoms with Crippen molar-refractivity contribution < 1.29 is 5.11 Å². The van der Waals surface area contributed by atoms with Crippen molar-refractivity contribution in [1.82, 2.24) is 9.80 Å². The van der Waals surface area contributed by atoms with Gasteiger partial charge in [-0.15, -0.1) is 0 Å². The molecule has 0 aromatic rings. The van der Waals surface area contributed by atoms with Crippen LogP contribution in [0.5, 0.6) is 0 Å². The van der Waals surface area contributed by atoms with E-state index in [4.69, 9.17) is 0 Å². The number of nitrogens with zero attached hydrogens (tertiary/aromatic N) is 2. The molecule has 1 aliphatic rings. The van der Waals surface area contributed by atoms with Gasteiger partial charge in [-0.1, -0.05) is 40.5 Å². The summed E-state index contributed by atoms with van der Waals surface area (Å²) in [5.41, 5.74) is 0.385. The zero-order valence-corrected chi connectivity index (χ0v) is 14.9. The van der Waals surface area contributed by atoms with Gasteiger partial charge in [-0.3, -0.25) is 0 Å². The Morgan fingerprint density at radius 2 is 1.57 bits per heavy atom. The van der Waals surface area contributed by atoms with Crippen LogP contribution >= 0.6 is 0 Å². The van der Waals surface area contributed by atoms with Crippen LogP contribution in [0, 0.1) is 11.3 Å². The summed E-state index contributed by atoms with van der Waals surface area (Å²) in [7, 11) is 0. The Balaban J connectivity index is 2.13. The second-order valence-corrected chi connectivity index (χ2v) is 7.91. The first-order valence-electron chi connectivity index (χ1n) is 9.00. The Kier molecular flexibility index (Phi) is 8.84.